The molecular formula is C17H18O3. The molecule has 0 fully saturated rings. The first-order valence-electron chi connectivity index (χ1n) is 6.65. The highest BCUT2D eigenvalue weighted by molar-refractivity contribution is 5.76. The van der Waals surface area contributed by atoms with Crippen molar-refractivity contribution in [3.8, 4) is 11.5 Å². The number of carbonyl (C=O) groups is 1. The Balaban J connectivity index is 2.09. The van der Waals surface area contributed by atoms with E-state index in [1.54, 1.807) is 19.2 Å². The van der Waals surface area contributed by atoms with Crippen LogP contribution in [0, 0.1) is 0 Å². The monoisotopic (exact) mass is 270 g/mol. The molecule has 2 aromatic carbocycles. The van der Waals surface area contributed by atoms with Gasteiger partial charge >= 0.3 is 5.97 Å². The Morgan fingerprint density at radius 3 is 2.20 bits per heavy atom. The van der Waals surface area contributed by atoms with Crippen molar-refractivity contribution in [2.45, 2.75) is 19.8 Å². The van der Waals surface area contributed by atoms with Gasteiger partial charge in [-0.25, -0.2) is 0 Å². The standard InChI is InChI=1S/C17H18O3/c1-3-13-8-4-5-9-14(13)12-17(18)20-16-11-7-6-10-15(16)19-2/h4-11H,3,12H2,1-2H3. The van der Waals surface area contributed by atoms with Crippen LogP contribution in [0.5, 0.6) is 11.5 Å². The fourth-order valence-corrected chi connectivity index (χ4v) is 2.09. The van der Waals surface area contributed by atoms with Crippen molar-refractivity contribution >= 4 is 5.97 Å². The molecule has 0 aliphatic heterocycles. The van der Waals surface area contributed by atoms with E-state index in [0.29, 0.717) is 11.5 Å². The van der Waals surface area contributed by atoms with Gasteiger partial charge in [-0.15, -0.1) is 0 Å². The summed E-state index contributed by atoms with van der Waals surface area (Å²) in [4.78, 5) is 12.0. The van der Waals surface area contributed by atoms with Gasteiger partial charge in [0, 0.05) is 0 Å². The van der Waals surface area contributed by atoms with Crippen LogP contribution in [0.2, 0.25) is 0 Å². The third kappa shape index (κ3) is 3.38. The third-order valence-electron chi connectivity index (χ3n) is 3.13. The van der Waals surface area contributed by atoms with E-state index in [4.69, 9.17) is 9.47 Å². The summed E-state index contributed by atoms with van der Waals surface area (Å²) in [6.45, 7) is 2.07. The minimum Gasteiger partial charge on any atom is -0.493 e. The Morgan fingerprint density at radius 2 is 1.55 bits per heavy atom. The molecule has 0 aliphatic carbocycles. The molecule has 0 saturated carbocycles. The lowest BCUT2D eigenvalue weighted by molar-refractivity contribution is -0.133. The molecule has 2 rings (SSSR count). The largest absolute Gasteiger partial charge is 0.493 e. The lowest BCUT2D eigenvalue weighted by Gasteiger charge is -2.10. The normalized spacial score (nSPS) is 10.1. The maximum absolute atomic E-state index is 12.0. The first-order chi connectivity index (χ1) is 9.74. The van der Waals surface area contributed by atoms with E-state index in [9.17, 15) is 4.79 Å². The molecule has 0 atom stereocenters. The molecule has 20 heavy (non-hydrogen) atoms. The summed E-state index contributed by atoms with van der Waals surface area (Å²) in [6, 6.07) is 15.0. The van der Waals surface area contributed by atoms with Crippen molar-refractivity contribution < 1.29 is 14.3 Å². The van der Waals surface area contributed by atoms with Gasteiger partial charge in [0.05, 0.1) is 13.5 Å². The zero-order chi connectivity index (χ0) is 14.4. The zero-order valence-corrected chi connectivity index (χ0v) is 11.8. The van der Waals surface area contributed by atoms with Gasteiger partial charge in [0.2, 0.25) is 0 Å². The fraction of sp³-hybridized carbons (Fsp3) is 0.235. The van der Waals surface area contributed by atoms with Crippen LogP contribution in [0.25, 0.3) is 0 Å². The summed E-state index contributed by atoms with van der Waals surface area (Å²) < 4.78 is 10.5. The van der Waals surface area contributed by atoms with E-state index in [1.807, 2.05) is 36.4 Å². The maximum Gasteiger partial charge on any atom is 0.315 e. The van der Waals surface area contributed by atoms with Crippen molar-refractivity contribution in [2.24, 2.45) is 0 Å². The average Bonchev–Trinajstić information content (AvgIpc) is 2.48. The highest BCUT2D eigenvalue weighted by atomic mass is 16.6. The average molecular weight is 270 g/mol. The predicted octanol–water partition coefficient (Wildman–Crippen LogP) is 3.41. The van der Waals surface area contributed by atoms with Crippen molar-refractivity contribution in [2.75, 3.05) is 7.11 Å². The number of esters is 1. The Labute approximate surface area is 119 Å². The molecule has 0 radical (unpaired) electrons. The van der Waals surface area contributed by atoms with Crippen LogP contribution in [0.3, 0.4) is 0 Å². The van der Waals surface area contributed by atoms with Crippen molar-refractivity contribution in [3.63, 3.8) is 0 Å². The van der Waals surface area contributed by atoms with Crippen molar-refractivity contribution in [1.82, 2.24) is 0 Å². The highest BCUT2D eigenvalue weighted by Gasteiger charge is 2.11. The molecule has 104 valence electrons. The molecule has 0 aliphatic rings. The topological polar surface area (TPSA) is 35.5 Å². The van der Waals surface area contributed by atoms with Gasteiger partial charge in [-0.1, -0.05) is 43.3 Å². The molecule has 0 heterocycles. The van der Waals surface area contributed by atoms with Gasteiger partial charge in [-0.2, -0.15) is 0 Å². The van der Waals surface area contributed by atoms with E-state index < -0.39 is 0 Å². The van der Waals surface area contributed by atoms with Crippen LogP contribution in [0.1, 0.15) is 18.1 Å². The molecular weight excluding hydrogens is 252 g/mol. The first-order valence-corrected chi connectivity index (χ1v) is 6.65. The number of hydrogen-bond donors (Lipinski definition) is 0. The molecule has 0 bridgehead atoms. The predicted molar refractivity (Wildman–Crippen MR) is 78.2 cm³/mol. The number of methoxy groups -OCH3 is 1. The minimum atomic E-state index is -0.282. The summed E-state index contributed by atoms with van der Waals surface area (Å²) in [5.41, 5.74) is 2.18. The highest BCUT2D eigenvalue weighted by Crippen LogP contribution is 2.26. The number of aryl methyl sites for hydroxylation is 1. The van der Waals surface area contributed by atoms with Gasteiger partial charge in [-0.05, 0) is 29.7 Å². The molecule has 0 unspecified atom stereocenters. The molecule has 2 aromatic rings. The van der Waals surface area contributed by atoms with Crippen LogP contribution in [-0.2, 0) is 17.6 Å². The Hall–Kier alpha value is -2.29. The lowest BCUT2D eigenvalue weighted by atomic mass is 10.0. The van der Waals surface area contributed by atoms with Crippen LogP contribution < -0.4 is 9.47 Å². The summed E-state index contributed by atoms with van der Waals surface area (Å²) in [5.74, 6) is 0.731. The van der Waals surface area contributed by atoms with E-state index in [1.165, 1.54) is 5.56 Å². The molecule has 0 aromatic heterocycles. The Morgan fingerprint density at radius 1 is 0.950 bits per heavy atom. The molecule has 0 spiro atoms. The maximum atomic E-state index is 12.0. The second kappa shape index (κ2) is 6.75. The van der Waals surface area contributed by atoms with Crippen molar-refractivity contribution in [1.29, 1.82) is 0 Å². The summed E-state index contributed by atoms with van der Waals surface area (Å²) in [5, 5.41) is 0. The smallest absolute Gasteiger partial charge is 0.315 e. The quantitative estimate of drug-likeness (QED) is 0.617. The Bertz CT molecular complexity index is 539. The van der Waals surface area contributed by atoms with Crippen LogP contribution in [0.4, 0.5) is 0 Å². The molecule has 3 nitrogen and oxygen atoms in total. The molecule has 0 amide bonds. The van der Waals surface area contributed by atoms with E-state index >= 15 is 0 Å². The third-order valence-corrected chi connectivity index (χ3v) is 3.13. The first kappa shape index (κ1) is 14.1. The summed E-state index contributed by atoms with van der Waals surface area (Å²) in [7, 11) is 1.55. The summed E-state index contributed by atoms with van der Waals surface area (Å²) in [6.07, 6.45) is 1.17. The number of benzene rings is 2. The SMILES string of the molecule is CCc1ccccc1CC(=O)Oc1ccccc1OC. The lowest BCUT2D eigenvalue weighted by Crippen LogP contribution is -2.13. The van der Waals surface area contributed by atoms with Gasteiger partial charge in [0.15, 0.2) is 11.5 Å². The molecule has 0 saturated heterocycles. The zero-order valence-electron chi connectivity index (χ0n) is 11.8. The van der Waals surface area contributed by atoms with Crippen LogP contribution in [0.15, 0.2) is 48.5 Å². The van der Waals surface area contributed by atoms with Gasteiger partial charge in [-0.3, -0.25) is 4.79 Å². The van der Waals surface area contributed by atoms with Crippen LogP contribution >= 0.6 is 0 Å². The van der Waals surface area contributed by atoms with E-state index in [0.717, 1.165) is 12.0 Å². The van der Waals surface area contributed by atoms with Gasteiger partial charge < -0.3 is 9.47 Å². The van der Waals surface area contributed by atoms with E-state index in [2.05, 4.69) is 6.92 Å². The Kier molecular flexibility index (Phi) is 4.77. The molecule has 3 heteroatoms. The van der Waals surface area contributed by atoms with E-state index in [-0.39, 0.29) is 12.4 Å². The number of ether oxygens (including phenoxy) is 2. The van der Waals surface area contributed by atoms with Crippen molar-refractivity contribution in [3.05, 3.63) is 59.7 Å². The number of para-hydroxylation sites is 2. The number of rotatable bonds is 5. The summed E-state index contributed by atoms with van der Waals surface area (Å²) >= 11 is 0. The number of carbonyl (C=O) groups excluding carboxylic acids is 1. The van der Waals surface area contributed by atoms with Crippen LogP contribution in [-0.4, -0.2) is 13.1 Å². The number of hydrogen-bond acceptors (Lipinski definition) is 3. The van der Waals surface area contributed by atoms with Gasteiger partial charge in [0.25, 0.3) is 0 Å². The van der Waals surface area contributed by atoms with Gasteiger partial charge in [0.1, 0.15) is 0 Å². The fourth-order valence-electron chi connectivity index (χ4n) is 2.09. The minimum absolute atomic E-state index is 0.266. The second-order valence-corrected chi connectivity index (χ2v) is 4.42. The molecule has 0 N–H and O–H groups in total. The second-order valence-electron chi connectivity index (χ2n) is 4.42.